The number of Topliss-reactive ketones (excluding diaryl/α,β-unsaturated/α-hetero) is 1. The second-order valence-corrected chi connectivity index (χ2v) is 7.95. The molecule has 1 fully saturated rings. The number of nitrogens with one attached hydrogen (secondary N) is 1. The molecule has 0 saturated carbocycles. The number of carbonyl (C=O) groups excluding carboxylic acids is 3. The van der Waals surface area contributed by atoms with Crippen molar-refractivity contribution >= 4 is 28.4 Å². The molecular formula is C23H18F4N4O4. The molecule has 0 atom stereocenters. The lowest BCUT2D eigenvalue weighted by molar-refractivity contribution is -0.178. The van der Waals surface area contributed by atoms with Crippen LogP contribution in [-0.4, -0.2) is 70.0 Å². The summed E-state index contributed by atoms with van der Waals surface area (Å²) < 4.78 is 52.0. The Morgan fingerprint density at radius 2 is 1.57 bits per heavy atom. The smallest absolute Gasteiger partial charge is 0.335 e. The predicted octanol–water partition coefficient (Wildman–Crippen LogP) is 2.07. The molecule has 12 heteroatoms. The fourth-order valence-electron chi connectivity index (χ4n) is 3.89. The minimum Gasteiger partial charge on any atom is -0.335 e. The van der Waals surface area contributed by atoms with Crippen molar-refractivity contribution in [3.05, 3.63) is 75.5 Å². The van der Waals surface area contributed by atoms with E-state index >= 15 is 0 Å². The molecular weight excluding hydrogens is 472 g/mol. The highest BCUT2D eigenvalue weighted by Crippen LogP contribution is 2.21. The Bertz CT molecular complexity index is 1380. The van der Waals surface area contributed by atoms with Gasteiger partial charge in [0.2, 0.25) is 0 Å². The van der Waals surface area contributed by atoms with Crippen LogP contribution >= 0.6 is 0 Å². The number of halogens is 4. The zero-order chi connectivity index (χ0) is 25.3. The molecule has 0 aliphatic carbocycles. The van der Waals surface area contributed by atoms with Crippen molar-refractivity contribution in [3.8, 4) is 0 Å². The van der Waals surface area contributed by atoms with Gasteiger partial charge in [0.05, 0.1) is 16.6 Å². The molecule has 2 heterocycles. The average molecular weight is 490 g/mol. The molecule has 0 bridgehead atoms. The standard InChI is InChI=1S/C23H18F4N4O4/c24-17-6-5-13(12-18-14-3-1-2-4-15(14)20(33)29-28-18)11-16(17)21(34)30-7-9-31(10-8-30)22(35)19(32)23(25,26)27/h1-6,11H,7-10,12H2,(H,29,33). The zero-order valence-corrected chi connectivity index (χ0v) is 18.1. The van der Waals surface area contributed by atoms with Gasteiger partial charge in [-0.1, -0.05) is 24.3 Å². The van der Waals surface area contributed by atoms with E-state index < -0.39 is 29.6 Å². The summed E-state index contributed by atoms with van der Waals surface area (Å²) in [7, 11) is 0. The summed E-state index contributed by atoms with van der Waals surface area (Å²) in [6.07, 6.45) is -5.08. The Balaban J connectivity index is 1.50. The number of rotatable bonds is 4. The van der Waals surface area contributed by atoms with Gasteiger partial charge in [-0.2, -0.15) is 18.3 Å². The Kier molecular flexibility index (Phi) is 6.37. The van der Waals surface area contributed by atoms with Gasteiger partial charge in [0.15, 0.2) is 0 Å². The van der Waals surface area contributed by atoms with Gasteiger partial charge in [0.25, 0.3) is 17.4 Å². The van der Waals surface area contributed by atoms with Crippen molar-refractivity contribution in [3.63, 3.8) is 0 Å². The highest BCUT2D eigenvalue weighted by Gasteiger charge is 2.45. The Morgan fingerprint density at radius 3 is 2.23 bits per heavy atom. The number of piperazine rings is 1. The van der Waals surface area contributed by atoms with Crippen LogP contribution in [0.15, 0.2) is 47.3 Å². The van der Waals surface area contributed by atoms with Crippen LogP contribution < -0.4 is 5.56 Å². The molecule has 3 aromatic rings. The Labute approximate surface area is 195 Å². The van der Waals surface area contributed by atoms with Gasteiger partial charge < -0.3 is 9.80 Å². The third-order valence-corrected chi connectivity index (χ3v) is 5.71. The van der Waals surface area contributed by atoms with Crippen molar-refractivity contribution in [2.75, 3.05) is 26.2 Å². The maximum absolute atomic E-state index is 14.5. The van der Waals surface area contributed by atoms with E-state index in [2.05, 4.69) is 10.2 Å². The number of carbonyl (C=O) groups is 3. The summed E-state index contributed by atoms with van der Waals surface area (Å²) in [6.45, 7) is -0.904. The van der Waals surface area contributed by atoms with Crippen LogP contribution in [0.3, 0.4) is 0 Å². The van der Waals surface area contributed by atoms with Gasteiger partial charge >= 0.3 is 12.0 Å². The number of hydrogen-bond donors (Lipinski definition) is 1. The van der Waals surface area contributed by atoms with Gasteiger partial charge in [-0.15, -0.1) is 0 Å². The molecule has 1 aliphatic rings. The van der Waals surface area contributed by atoms with E-state index in [1.807, 2.05) is 0 Å². The number of aromatic nitrogens is 2. The van der Waals surface area contributed by atoms with Crippen LogP contribution in [0.5, 0.6) is 0 Å². The van der Waals surface area contributed by atoms with Crippen molar-refractivity contribution in [1.82, 2.24) is 20.0 Å². The molecule has 1 aromatic heterocycles. The van der Waals surface area contributed by atoms with E-state index in [4.69, 9.17) is 0 Å². The minimum atomic E-state index is -5.28. The van der Waals surface area contributed by atoms with Gasteiger partial charge in [-0.05, 0) is 23.8 Å². The van der Waals surface area contributed by atoms with E-state index in [1.165, 1.54) is 17.0 Å². The third kappa shape index (κ3) is 4.91. The normalized spacial score (nSPS) is 14.3. The molecule has 1 saturated heterocycles. The molecule has 2 amide bonds. The molecule has 0 spiro atoms. The molecule has 182 valence electrons. The largest absolute Gasteiger partial charge is 0.460 e. The number of H-pyrrole nitrogens is 1. The number of hydrogen-bond acceptors (Lipinski definition) is 5. The van der Waals surface area contributed by atoms with Crippen molar-refractivity contribution < 1.29 is 31.9 Å². The Morgan fingerprint density at radius 1 is 0.943 bits per heavy atom. The molecule has 0 unspecified atom stereocenters. The summed E-state index contributed by atoms with van der Waals surface area (Å²) in [4.78, 5) is 49.7. The second kappa shape index (κ2) is 9.28. The number of alkyl halides is 3. The van der Waals surface area contributed by atoms with Crippen molar-refractivity contribution in [1.29, 1.82) is 0 Å². The van der Waals surface area contributed by atoms with Crippen LogP contribution in [0.25, 0.3) is 10.8 Å². The number of aromatic amines is 1. The minimum absolute atomic E-state index is 0.161. The van der Waals surface area contributed by atoms with E-state index in [1.54, 1.807) is 24.3 Å². The molecule has 0 radical (unpaired) electrons. The van der Waals surface area contributed by atoms with Crippen LogP contribution in [-0.2, 0) is 16.0 Å². The van der Waals surface area contributed by atoms with Gasteiger partial charge in [0.1, 0.15) is 5.82 Å². The van der Waals surface area contributed by atoms with E-state index in [0.29, 0.717) is 22.0 Å². The molecule has 8 nitrogen and oxygen atoms in total. The lowest BCUT2D eigenvalue weighted by Gasteiger charge is -2.34. The highest BCUT2D eigenvalue weighted by atomic mass is 19.4. The average Bonchev–Trinajstić information content (AvgIpc) is 2.85. The molecule has 2 aromatic carbocycles. The van der Waals surface area contributed by atoms with E-state index in [-0.39, 0.29) is 43.7 Å². The summed E-state index contributed by atoms with van der Waals surface area (Å²) >= 11 is 0. The highest BCUT2D eigenvalue weighted by molar-refractivity contribution is 6.38. The first-order valence-corrected chi connectivity index (χ1v) is 10.5. The van der Waals surface area contributed by atoms with Crippen molar-refractivity contribution in [2.24, 2.45) is 0 Å². The van der Waals surface area contributed by atoms with Crippen LogP contribution in [0.4, 0.5) is 17.6 Å². The van der Waals surface area contributed by atoms with E-state index in [9.17, 15) is 36.7 Å². The number of ketones is 1. The number of fused-ring (bicyclic) bond motifs is 1. The SMILES string of the molecule is O=C(C(=O)C(F)(F)F)N1CCN(C(=O)c2cc(Cc3n[nH]c(=O)c4ccccc34)ccc2F)CC1. The summed E-state index contributed by atoms with van der Waals surface area (Å²) in [5.41, 5.74) is 0.465. The number of benzene rings is 2. The third-order valence-electron chi connectivity index (χ3n) is 5.71. The van der Waals surface area contributed by atoms with Gasteiger partial charge in [-0.3, -0.25) is 19.2 Å². The fourth-order valence-corrected chi connectivity index (χ4v) is 3.89. The van der Waals surface area contributed by atoms with Crippen LogP contribution in [0.1, 0.15) is 21.6 Å². The van der Waals surface area contributed by atoms with Crippen molar-refractivity contribution in [2.45, 2.75) is 12.6 Å². The predicted molar refractivity (Wildman–Crippen MR) is 115 cm³/mol. The topological polar surface area (TPSA) is 103 Å². The maximum atomic E-state index is 14.5. The lowest BCUT2D eigenvalue weighted by Crippen LogP contribution is -2.53. The summed E-state index contributed by atoms with van der Waals surface area (Å²) in [5.74, 6) is -5.64. The fraction of sp³-hybridized carbons (Fsp3) is 0.261. The zero-order valence-electron chi connectivity index (χ0n) is 18.1. The number of amides is 2. The first kappa shape index (κ1) is 24.0. The molecule has 1 aliphatic heterocycles. The summed E-state index contributed by atoms with van der Waals surface area (Å²) in [5, 5.41) is 7.54. The molecule has 35 heavy (non-hydrogen) atoms. The van der Waals surface area contributed by atoms with Gasteiger partial charge in [0, 0.05) is 38.0 Å². The van der Waals surface area contributed by atoms with E-state index in [0.717, 1.165) is 11.0 Å². The van der Waals surface area contributed by atoms with Crippen LogP contribution in [0.2, 0.25) is 0 Å². The number of nitrogens with zero attached hydrogens (tertiary/aromatic N) is 3. The first-order valence-electron chi connectivity index (χ1n) is 10.5. The first-order chi connectivity index (χ1) is 16.6. The van der Waals surface area contributed by atoms with Gasteiger partial charge in [-0.25, -0.2) is 9.49 Å². The molecule has 1 N–H and O–H groups in total. The molecule has 4 rings (SSSR count). The Hall–Kier alpha value is -4.09. The van der Waals surface area contributed by atoms with Crippen LogP contribution in [0, 0.1) is 5.82 Å². The second-order valence-electron chi connectivity index (χ2n) is 7.95. The summed E-state index contributed by atoms with van der Waals surface area (Å²) in [6, 6.07) is 10.8. The lowest BCUT2D eigenvalue weighted by atomic mass is 10.0. The monoisotopic (exact) mass is 490 g/mol. The maximum Gasteiger partial charge on any atom is 0.460 e. The quantitative estimate of drug-likeness (QED) is 0.446.